The zero-order valence-electron chi connectivity index (χ0n) is 10.9. The normalized spacial score (nSPS) is 10.6. The lowest BCUT2D eigenvalue weighted by molar-refractivity contribution is -0.116. The number of aromatic nitrogens is 4. The van der Waals surface area contributed by atoms with Crippen LogP contribution in [0.2, 0.25) is 0 Å². The van der Waals surface area contributed by atoms with E-state index in [4.69, 9.17) is 0 Å². The van der Waals surface area contributed by atoms with E-state index < -0.39 is 0 Å². The Bertz CT molecular complexity index is 523. The minimum Gasteiger partial charge on any atom is -0.304 e. The van der Waals surface area contributed by atoms with Crippen molar-refractivity contribution in [1.29, 1.82) is 0 Å². The molecule has 2 aromatic heterocycles. The molecule has 102 valence electrons. The molecule has 0 atom stereocenters. The molecule has 19 heavy (non-hydrogen) atoms. The van der Waals surface area contributed by atoms with Gasteiger partial charge in [-0.15, -0.1) is 11.3 Å². The maximum atomic E-state index is 11.4. The molecule has 2 N–H and O–H groups in total. The van der Waals surface area contributed by atoms with Gasteiger partial charge < -0.3 is 5.32 Å². The molecule has 0 radical (unpaired) electrons. The van der Waals surface area contributed by atoms with E-state index in [-0.39, 0.29) is 5.91 Å². The summed E-state index contributed by atoms with van der Waals surface area (Å²) < 4.78 is 0. The number of hydrogen-bond acceptors (Lipinski definition) is 6. The van der Waals surface area contributed by atoms with Gasteiger partial charge in [-0.3, -0.25) is 14.8 Å². The van der Waals surface area contributed by atoms with Gasteiger partial charge in [0, 0.05) is 25.4 Å². The highest BCUT2D eigenvalue weighted by molar-refractivity contribution is 7.14. The minimum absolute atomic E-state index is 0.0121. The summed E-state index contributed by atoms with van der Waals surface area (Å²) >= 11 is 1.48. The van der Waals surface area contributed by atoms with Crippen molar-refractivity contribution in [3.63, 3.8) is 0 Å². The van der Waals surface area contributed by atoms with Crippen LogP contribution in [0.5, 0.6) is 0 Å². The van der Waals surface area contributed by atoms with E-state index in [1.807, 2.05) is 12.3 Å². The number of nitrogens with one attached hydrogen (secondary N) is 2. The lowest BCUT2D eigenvalue weighted by Gasteiger charge is -2.14. The van der Waals surface area contributed by atoms with Gasteiger partial charge in [0.15, 0.2) is 5.13 Å². The van der Waals surface area contributed by atoms with Gasteiger partial charge in [-0.05, 0) is 6.92 Å². The predicted octanol–water partition coefficient (Wildman–Crippen LogP) is 0.924. The monoisotopic (exact) mass is 280 g/mol. The van der Waals surface area contributed by atoms with Crippen molar-refractivity contribution in [3.8, 4) is 0 Å². The van der Waals surface area contributed by atoms with Crippen molar-refractivity contribution in [3.05, 3.63) is 23.2 Å². The summed E-state index contributed by atoms with van der Waals surface area (Å²) in [7, 11) is 0. The van der Waals surface area contributed by atoms with Gasteiger partial charge in [0.05, 0.1) is 12.2 Å². The average Bonchev–Trinajstić information content (AvgIpc) is 3.02. The van der Waals surface area contributed by atoms with Crippen LogP contribution in [-0.4, -0.2) is 32.6 Å². The van der Waals surface area contributed by atoms with Crippen LogP contribution in [0, 0.1) is 0 Å². The summed E-state index contributed by atoms with van der Waals surface area (Å²) in [5.41, 5.74) is 0.916. The highest BCUT2D eigenvalue weighted by Gasteiger charge is 2.13. The summed E-state index contributed by atoms with van der Waals surface area (Å²) in [5.74, 6) is 0.799. The Morgan fingerprint density at radius 1 is 1.53 bits per heavy atom. The van der Waals surface area contributed by atoms with E-state index in [1.54, 1.807) is 11.8 Å². The first-order valence-corrected chi connectivity index (χ1v) is 6.86. The Hall–Kier alpha value is -1.80. The zero-order valence-corrected chi connectivity index (χ0v) is 11.7. The van der Waals surface area contributed by atoms with Gasteiger partial charge in [0.1, 0.15) is 12.2 Å². The van der Waals surface area contributed by atoms with Crippen LogP contribution in [0.25, 0.3) is 0 Å². The van der Waals surface area contributed by atoms with Gasteiger partial charge in [0.25, 0.3) is 0 Å². The molecular weight excluding hydrogens is 264 g/mol. The van der Waals surface area contributed by atoms with E-state index in [9.17, 15) is 4.79 Å². The molecule has 0 aliphatic rings. The third kappa shape index (κ3) is 3.58. The topological polar surface area (TPSA) is 86.8 Å². The second-order valence-electron chi connectivity index (χ2n) is 3.92. The molecule has 0 aliphatic carbocycles. The van der Waals surface area contributed by atoms with Crippen LogP contribution < -0.4 is 10.2 Å². The summed E-state index contributed by atoms with van der Waals surface area (Å²) in [4.78, 5) is 21.5. The van der Waals surface area contributed by atoms with E-state index in [2.05, 4.69) is 25.5 Å². The van der Waals surface area contributed by atoms with Crippen molar-refractivity contribution in [1.82, 2.24) is 25.5 Å². The van der Waals surface area contributed by atoms with Crippen molar-refractivity contribution >= 4 is 22.4 Å². The molecule has 0 spiro atoms. The van der Waals surface area contributed by atoms with Crippen molar-refractivity contribution in [2.24, 2.45) is 0 Å². The summed E-state index contributed by atoms with van der Waals surface area (Å²) in [6.07, 6.45) is 1.48. The first kappa shape index (κ1) is 13.6. The quantitative estimate of drug-likeness (QED) is 0.821. The molecule has 0 fully saturated rings. The van der Waals surface area contributed by atoms with Gasteiger partial charge in [-0.1, -0.05) is 0 Å². The molecule has 2 rings (SSSR count). The van der Waals surface area contributed by atoms with Crippen LogP contribution in [0.1, 0.15) is 25.4 Å². The number of amides is 1. The molecule has 0 saturated carbocycles. The lowest BCUT2D eigenvalue weighted by atomic mass is 10.4. The van der Waals surface area contributed by atoms with Gasteiger partial charge >= 0.3 is 0 Å². The van der Waals surface area contributed by atoms with Crippen molar-refractivity contribution in [2.45, 2.75) is 26.9 Å². The maximum absolute atomic E-state index is 11.4. The number of anilines is 1. The molecule has 0 aliphatic heterocycles. The fourth-order valence-electron chi connectivity index (χ4n) is 1.62. The molecule has 8 heteroatoms. The Morgan fingerprint density at radius 2 is 2.37 bits per heavy atom. The smallest absolute Gasteiger partial charge is 0.225 e. The van der Waals surface area contributed by atoms with Gasteiger partial charge in [-0.2, -0.15) is 5.10 Å². The van der Waals surface area contributed by atoms with Crippen LogP contribution in [0.15, 0.2) is 11.7 Å². The first-order valence-electron chi connectivity index (χ1n) is 5.98. The van der Waals surface area contributed by atoms with E-state index in [0.717, 1.165) is 16.6 Å². The van der Waals surface area contributed by atoms with E-state index in [0.29, 0.717) is 19.6 Å². The lowest BCUT2D eigenvalue weighted by Crippen LogP contribution is -2.27. The average molecular weight is 280 g/mol. The maximum Gasteiger partial charge on any atom is 0.225 e. The van der Waals surface area contributed by atoms with Crippen LogP contribution in [0.3, 0.4) is 0 Å². The second kappa shape index (κ2) is 6.39. The summed E-state index contributed by atoms with van der Waals surface area (Å²) in [5, 5.41) is 12.5. The number of H-pyrrole nitrogens is 1. The third-order valence-corrected chi connectivity index (χ3v) is 3.44. The Morgan fingerprint density at radius 3 is 3.00 bits per heavy atom. The number of rotatable bonds is 6. The van der Waals surface area contributed by atoms with Crippen molar-refractivity contribution < 1.29 is 4.79 Å². The molecule has 0 aromatic carbocycles. The standard InChI is InChI=1S/C11H16N6OS/c1-3-17(8(2)18)11-15-9(6-19-11)4-12-5-10-13-7-14-16-10/h6-7,12H,3-5H2,1-2H3,(H,13,14,16). The summed E-state index contributed by atoms with van der Waals surface area (Å²) in [6.45, 7) is 5.36. The fourth-order valence-corrected chi connectivity index (χ4v) is 2.55. The molecule has 0 unspecified atom stereocenters. The number of carbonyl (C=O) groups is 1. The van der Waals surface area contributed by atoms with Crippen LogP contribution in [-0.2, 0) is 17.9 Å². The highest BCUT2D eigenvalue weighted by atomic mass is 32.1. The van der Waals surface area contributed by atoms with Gasteiger partial charge in [0.2, 0.25) is 5.91 Å². The molecule has 7 nitrogen and oxygen atoms in total. The van der Waals surface area contributed by atoms with Gasteiger partial charge in [-0.25, -0.2) is 9.97 Å². The number of aromatic amines is 1. The fraction of sp³-hybridized carbons (Fsp3) is 0.455. The highest BCUT2D eigenvalue weighted by Crippen LogP contribution is 2.20. The van der Waals surface area contributed by atoms with Crippen LogP contribution >= 0.6 is 11.3 Å². The molecule has 2 aromatic rings. The second-order valence-corrected chi connectivity index (χ2v) is 4.76. The summed E-state index contributed by atoms with van der Waals surface area (Å²) in [6, 6.07) is 0. The molecule has 0 bridgehead atoms. The third-order valence-electron chi connectivity index (χ3n) is 2.53. The van der Waals surface area contributed by atoms with Crippen LogP contribution in [0.4, 0.5) is 5.13 Å². The van der Waals surface area contributed by atoms with E-state index in [1.165, 1.54) is 17.7 Å². The zero-order chi connectivity index (χ0) is 13.7. The Balaban J connectivity index is 1.88. The minimum atomic E-state index is 0.0121. The Labute approximate surface area is 115 Å². The SMILES string of the molecule is CCN(C(C)=O)c1nc(CNCc2ncn[nH]2)cs1. The number of nitrogens with zero attached hydrogens (tertiary/aromatic N) is 4. The predicted molar refractivity (Wildman–Crippen MR) is 72.7 cm³/mol. The molecule has 2 heterocycles. The molecule has 1 amide bonds. The Kier molecular flexibility index (Phi) is 4.58. The number of hydrogen-bond donors (Lipinski definition) is 2. The first-order chi connectivity index (χ1) is 9.20. The number of thiazole rings is 1. The van der Waals surface area contributed by atoms with Crippen molar-refractivity contribution in [2.75, 3.05) is 11.4 Å². The molecule has 0 saturated heterocycles. The van der Waals surface area contributed by atoms with E-state index >= 15 is 0 Å². The largest absolute Gasteiger partial charge is 0.304 e. The number of carbonyl (C=O) groups excluding carboxylic acids is 1. The molecular formula is C11H16N6OS.